The highest BCUT2D eigenvalue weighted by Gasteiger charge is 2.40. The highest BCUT2D eigenvalue weighted by Crippen LogP contribution is 2.15. The molecule has 2 N–H and O–H groups in total. The molecule has 19 heavy (non-hydrogen) atoms. The topological polar surface area (TPSA) is 84.2 Å². The molecule has 1 atom stereocenters. The highest BCUT2D eigenvalue weighted by atomic mass is 19.4. The largest absolute Gasteiger partial charge is 0.480 e. The summed E-state index contributed by atoms with van der Waals surface area (Å²) in [6, 6.07) is -1.66. The Balaban J connectivity index is 2.83. The van der Waals surface area contributed by atoms with Crippen LogP contribution in [-0.4, -0.2) is 39.0 Å². The van der Waals surface area contributed by atoms with Crippen LogP contribution in [0.25, 0.3) is 0 Å². The Labute approximate surface area is 106 Å². The Morgan fingerprint density at radius 1 is 1.53 bits per heavy atom. The van der Waals surface area contributed by atoms with Crippen LogP contribution in [0, 0.1) is 6.92 Å². The van der Waals surface area contributed by atoms with Crippen LogP contribution >= 0.6 is 0 Å². The summed E-state index contributed by atoms with van der Waals surface area (Å²) in [7, 11) is 1.60. The lowest BCUT2D eigenvalue weighted by Gasteiger charge is -2.15. The van der Waals surface area contributed by atoms with Gasteiger partial charge < -0.3 is 10.4 Å². The van der Waals surface area contributed by atoms with Gasteiger partial charge in [0.25, 0.3) is 0 Å². The van der Waals surface area contributed by atoms with Gasteiger partial charge in [-0.2, -0.15) is 18.3 Å². The SMILES string of the molecule is Cc1nn(C)cc1CC(NC(=O)C(F)(F)F)C(=O)O. The quantitative estimate of drug-likeness (QED) is 0.835. The molecule has 1 unspecified atom stereocenters. The van der Waals surface area contributed by atoms with E-state index in [0.29, 0.717) is 11.3 Å². The van der Waals surface area contributed by atoms with Crippen LogP contribution < -0.4 is 5.32 Å². The maximum absolute atomic E-state index is 12.1. The van der Waals surface area contributed by atoms with Crippen molar-refractivity contribution in [1.29, 1.82) is 0 Å². The number of rotatable bonds is 4. The van der Waals surface area contributed by atoms with Gasteiger partial charge in [-0.15, -0.1) is 0 Å². The summed E-state index contributed by atoms with van der Waals surface area (Å²) >= 11 is 0. The highest BCUT2D eigenvalue weighted by molar-refractivity contribution is 5.87. The average molecular weight is 279 g/mol. The number of halogens is 3. The summed E-state index contributed by atoms with van der Waals surface area (Å²) in [5, 5.41) is 14.2. The van der Waals surface area contributed by atoms with Crippen molar-refractivity contribution in [2.75, 3.05) is 0 Å². The van der Waals surface area contributed by atoms with Crippen molar-refractivity contribution < 1.29 is 27.9 Å². The first kappa shape index (κ1) is 15.0. The molecule has 1 aromatic heterocycles. The van der Waals surface area contributed by atoms with E-state index < -0.39 is 24.1 Å². The number of alkyl halides is 3. The fourth-order valence-corrected chi connectivity index (χ4v) is 1.51. The van der Waals surface area contributed by atoms with Gasteiger partial charge in [-0.3, -0.25) is 9.48 Å². The molecule has 0 bridgehead atoms. The number of hydrogen-bond acceptors (Lipinski definition) is 3. The third-order valence-corrected chi connectivity index (χ3v) is 2.40. The Bertz CT molecular complexity index is 496. The van der Waals surface area contributed by atoms with Crippen LogP contribution in [0.2, 0.25) is 0 Å². The number of carbonyl (C=O) groups excluding carboxylic acids is 1. The second-order valence-corrected chi connectivity index (χ2v) is 3.98. The van der Waals surface area contributed by atoms with Gasteiger partial charge >= 0.3 is 18.1 Å². The molecule has 0 aliphatic rings. The lowest BCUT2D eigenvalue weighted by molar-refractivity contribution is -0.175. The molecular weight excluding hydrogens is 267 g/mol. The molecule has 0 aromatic carbocycles. The lowest BCUT2D eigenvalue weighted by atomic mass is 10.1. The molecular formula is C10H12F3N3O3. The summed E-state index contributed by atoms with van der Waals surface area (Å²) in [4.78, 5) is 21.6. The average Bonchev–Trinajstić information content (AvgIpc) is 2.54. The second kappa shape index (κ2) is 5.29. The van der Waals surface area contributed by atoms with Gasteiger partial charge in [0.1, 0.15) is 6.04 Å². The molecule has 9 heteroatoms. The fraction of sp³-hybridized carbons (Fsp3) is 0.500. The normalized spacial score (nSPS) is 13.1. The van der Waals surface area contributed by atoms with Crippen LogP contribution in [0.4, 0.5) is 13.2 Å². The second-order valence-electron chi connectivity index (χ2n) is 3.98. The smallest absolute Gasteiger partial charge is 0.471 e. The Hall–Kier alpha value is -2.06. The van der Waals surface area contributed by atoms with Crippen molar-refractivity contribution >= 4 is 11.9 Å². The van der Waals surface area contributed by atoms with Gasteiger partial charge in [-0.1, -0.05) is 0 Å². The van der Waals surface area contributed by atoms with Gasteiger partial charge in [0, 0.05) is 19.7 Å². The first-order valence-electron chi connectivity index (χ1n) is 5.21. The molecule has 1 rings (SSSR count). The molecule has 1 aromatic rings. The predicted molar refractivity (Wildman–Crippen MR) is 57.3 cm³/mol. The number of nitrogens with zero attached hydrogens (tertiary/aromatic N) is 2. The Kier molecular flexibility index (Phi) is 4.17. The number of aryl methyl sites for hydroxylation is 2. The van der Waals surface area contributed by atoms with E-state index in [0.717, 1.165) is 0 Å². The van der Waals surface area contributed by atoms with Crippen molar-refractivity contribution in [2.45, 2.75) is 25.6 Å². The van der Waals surface area contributed by atoms with Gasteiger partial charge in [-0.05, 0) is 12.5 Å². The number of amides is 1. The molecule has 6 nitrogen and oxygen atoms in total. The minimum Gasteiger partial charge on any atom is -0.480 e. The Morgan fingerprint density at radius 3 is 2.47 bits per heavy atom. The maximum Gasteiger partial charge on any atom is 0.471 e. The number of aliphatic carboxylic acids is 1. The van der Waals surface area contributed by atoms with E-state index in [-0.39, 0.29) is 6.42 Å². The summed E-state index contributed by atoms with van der Waals surface area (Å²) in [6.45, 7) is 1.60. The summed E-state index contributed by atoms with van der Waals surface area (Å²) in [5.74, 6) is -3.82. The number of aromatic nitrogens is 2. The molecule has 1 heterocycles. The fourth-order valence-electron chi connectivity index (χ4n) is 1.51. The number of carbonyl (C=O) groups is 2. The predicted octanol–water partition coefficient (Wildman–Crippen LogP) is 0.403. The van der Waals surface area contributed by atoms with Crippen molar-refractivity contribution in [3.8, 4) is 0 Å². The molecule has 1 amide bonds. The van der Waals surface area contributed by atoms with Crippen LogP contribution in [-0.2, 0) is 23.1 Å². The van der Waals surface area contributed by atoms with Gasteiger partial charge in [0.2, 0.25) is 0 Å². The van der Waals surface area contributed by atoms with Crippen molar-refractivity contribution in [1.82, 2.24) is 15.1 Å². The lowest BCUT2D eigenvalue weighted by Crippen LogP contribution is -2.47. The zero-order chi connectivity index (χ0) is 14.8. The Morgan fingerprint density at radius 2 is 2.11 bits per heavy atom. The minimum atomic E-state index is -5.11. The van der Waals surface area contributed by atoms with Gasteiger partial charge in [-0.25, -0.2) is 4.79 Å². The van der Waals surface area contributed by atoms with Crippen molar-refractivity contribution in [3.05, 3.63) is 17.5 Å². The van der Waals surface area contributed by atoms with Gasteiger partial charge in [0.15, 0.2) is 0 Å². The monoisotopic (exact) mass is 279 g/mol. The van der Waals surface area contributed by atoms with Crippen LogP contribution in [0.1, 0.15) is 11.3 Å². The van der Waals surface area contributed by atoms with Crippen molar-refractivity contribution in [2.24, 2.45) is 7.05 Å². The summed E-state index contributed by atoms with van der Waals surface area (Å²) in [5.41, 5.74) is 0.951. The molecule has 106 valence electrons. The zero-order valence-electron chi connectivity index (χ0n) is 10.2. The first-order valence-corrected chi connectivity index (χ1v) is 5.21. The number of carboxylic acids is 1. The third-order valence-electron chi connectivity index (χ3n) is 2.40. The van der Waals surface area contributed by atoms with E-state index in [9.17, 15) is 22.8 Å². The van der Waals surface area contributed by atoms with E-state index in [1.807, 2.05) is 0 Å². The van der Waals surface area contributed by atoms with E-state index in [4.69, 9.17) is 5.11 Å². The summed E-state index contributed by atoms with van der Waals surface area (Å²) in [6.07, 6.45) is -3.89. The van der Waals surface area contributed by atoms with Crippen LogP contribution in [0.3, 0.4) is 0 Å². The summed E-state index contributed by atoms with van der Waals surface area (Å²) < 4.78 is 37.6. The van der Waals surface area contributed by atoms with E-state index in [2.05, 4.69) is 5.10 Å². The number of carboxylic acid groups (broad SMARTS) is 1. The molecule has 0 aliphatic carbocycles. The van der Waals surface area contributed by atoms with Gasteiger partial charge in [0.05, 0.1) is 5.69 Å². The number of hydrogen-bond donors (Lipinski definition) is 2. The van der Waals surface area contributed by atoms with E-state index >= 15 is 0 Å². The maximum atomic E-state index is 12.1. The van der Waals surface area contributed by atoms with E-state index in [1.165, 1.54) is 16.2 Å². The molecule has 0 fully saturated rings. The van der Waals surface area contributed by atoms with Crippen molar-refractivity contribution in [3.63, 3.8) is 0 Å². The minimum absolute atomic E-state index is 0.267. The van der Waals surface area contributed by atoms with E-state index in [1.54, 1.807) is 14.0 Å². The van der Waals surface area contributed by atoms with Crippen LogP contribution in [0.15, 0.2) is 6.20 Å². The molecule has 0 saturated carbocycles. The first-order chi connectivity index (χ1) is 8.61. The molecule has 0 aliphatic heterocycles. The van der Waals surface area contributed by atoms with Crippen LogP contribution in [0.5, 0.6) is 0 Å². The molecule has 0 spiro atoms. The number of nitrogens with one attached hydrogen (secondary N) is 1. The zero-order valence-corrected chi connectivity index (χ0v) is 10.2. The molecule has 0 radical (unpaired) electrons. The molecule has 0 saturated heterocycles. The third kappa shape index (κ3) is 3.97. The standard InChI is InChI=1S/C10H12F3N3O3/c1-5-6(4-16(2)15-5)3-7(8(17)18)14-9(19)10(11,12)13/h4,7H,3H2,1-2H3,(H,14,19)(H,17,18).